The summed E-state index contributed by atoms with van der Waals surface area (Å²) in [5, 5.41) is 5.76. The third-order valence-corrected chi connectivity index (χ3v) is 6.14. The first-order valence-corrected chi connectivity index (χ1v) is 12.4. The van der Waals surface area contributed by atoms with Crippen LogP contribution in [0, 0.1) is 5.41 Å². The molecule has 2 aromatic carbocycles. The number of amides is 1. The van der Waals surface area contributed by atoms with Gasteiger partial charge in [0.05, 0.1) is 20.0 Å². The minimum absolute atomic E-state index is 0.286. The lowest BCUT2D eigenvalue weighted by Gasteiger charge is -2.31. The Morgan fingerprint density at radius 3 is 2.39 bits per heavy atom. The van der Waals surface area contributed by atoms with E-state index in [1.807, 2.05) is 20.8 Å². The summed E-state index contributed by atoms with van der Waals surface area (Å²) < 4.78 is 41.2. The number of carbonyl (C=O) groups excluding carboxylic acids is 1. The molecule has 2 aromatic rings. The second-order valence-corrected chi connectivity index (χ2v) is 11.2. The predicted molar refractivity (Wildman–Crippen MR) is 127 cm³/mol. The lowest BCUT2D eigenvalue weighted by Crippen LogP contribution is -2.46. The van der Waals surface area contributed by atoms with Crippen molar-refractivity contribution in [3.8, 4) is 11.5 Å². The Morgan fingerprint density at radius 2 is 1.82 bits per heavy atom. The third kappa shape index (κ3) is 5.78. The van der Waals surface area contributed by atoms with Crippen LogP contribution in [0.15, 0.2) is 36.4 Å². The number of sulfonamides is 1. The van der Waals surface area contributed by atoms with Gasteiger partial charge >= 0.3 is 0 Å². The number of methoxy groups -OCH3 is 2. The molecule has 1 aliphatic heterocycles. The zero-order valence-corrected chi connectivity index (χ0v) is 20.9. The van der Waals surface area contributed by atoms with Crippen LogP contribution in [0.2, 0.25) is 5.02 Å². The van der Waals surface area contributed by atoms with Crippen molar-refractivity contribution in [3.05, 3.63) is 52.5 Å². The van der Waals surface area contributed by atoms with Gasteiger partial charge in [0.15, 0.2) is 17.6 Å². The Hall–Kier alpha value is -2.33. The molecule has 0 saturated carbocycles. The Labute approximate surface area is 199 Å². The maximum Gasteiger partial charge on any atom is 0.257 e. The molecule has 1 amide bonds. The van der Waals surface area contributed by atoms with Crippen LogP contribution in [0.1, 0.15) is 38.0 Å². The van der Waals surface area contributed by atoms with E-state index in [1.54, 1.807) is 41.3 Å². The minimum Gasteiger partial charge on any atom is -0.493 e. The SMILES string of the molecule is COc1cccc([C@H]2O[C@H](CS(N)(=O)=O)C(=O)N(CC(C)(C)C)c3ccc(Cl)cc32)c1OC. The van der Waals surface area contributed by atoms with E-state index in [0.717, 1.165) is 0 Å². The van der Waals surface area contributed by atoms with Gasteiger partial charge in [-0.25, -0.2) is 13.6 Å². The van der Waals surface area contributed by atoms with E-state index in [0.29, 0.717) is 39.9 Å². The zero-order valence-electron chi connectivity index (χ0n) is 19.3. The van der Waals surface area contributed by atoms with Crippen molar-refractivity contribution < 1.29 is 27.4 Å². The number of nitrogens with zero attached hydrogens (tertiary/aromatic N) is 1. The summed E-state index contributed by atoms with van der Waals surface area (Å²) in [6, 6.07) is 10.4. The van der Waals surface area contributed by atoms with E-state index in [1.165, 1.54) is 14.2 Å². The first kappa shape index (κ1) is 25.3. The Balaban J connectivity index is 2.29. The van der Waals surface area contributed by atoms with E-state index in [4.69, 9.17) is 31.0 Å². The van der Waals surface area contributed by atoms with Crippen molar-refractivity contribution in [2.24, 2.45) is 10.6 Å². The van der Waals surface area contributed by atoms with E-state index < -0.39 is 33.9 Å². The number of halogens is 1. The van der Waals surface area contributed by atoms with Gasteiger partial charge in [-0.15, -0.1) is 0 Å². The number of anilines is 1. The van der Waals surface area contributed by atoms with Crippen LogP contribution in [0.5, 0.6) is 11.5 Å². The highest BCUT2D eigenvalue weighted by Crippen LogP contribution is 2.45. The smallest absolute Gasteiger partial charge is 0.257 e. The van der Waals surface area contributed by atoms with Gasteiger partial charge in [-0.3, -0.25) is 4.79 Å². The molecule has 1 heterocycles. The van der Waals surface area contributed by atoms with Gasteiger partial charge < -0.3 is 19.1 Å². The molecule has 0 saturated heterocycles. The number of benzene rings is 2. The molecule has 0 radical (unpaired) electrons. The number of hydrogen-bond donors (Lipinski definition) is 1. The summed E-state index contributed by atoms with van der Waals surface area (Å²) in [5.74, 6) is -0.294. The summed E-state index contributed by atoms with van der Waals surface area (Å²) in [5.41, 5.74) is 1.45. The van der Waals surface area contributed by atoms with E-state index >= 15 is 0 Å². The quantitative estimate of drug-likeness (QED) is 0.655. The summed E-state index contributed by atoms with van der Waals surface area (Å²) in [6.45, 7) is 6.28. The van der Waals surface area contributed by atoms with Gasteiger partial charge in [-0.1, -0.05) is 44.5 Å². The molecule has 180 valence electrons. The van der Waals surface area contributed by atoms with Crippen molar-refractivity contribution >= 4 is 33.2 Å². The maximum absolute atomic E-state index is 13.6. The van der Waals surface area contributed by atoms with Crippen LogP contribution in [0.4, 0.5) is 5.69 Å². The summed E-state index contributed by atoms with van der Waals surface area (Å²) in [6.07, 6.45) is -2.21. The van der Waals surface area contributed by atoms with Crippen LogP contribution in [-0.2, 0) is 19.6 Å². The molecule has 3 rings (SSSR count). The van der Waals surface area contributed by atoms with Crippen molar-refractivity contribution in [1.29, 1.82) is 0 Å². The molecular weight excluding hydrogens is 468 g/mol. The van der Waals surface area contributed by atoms with Crippen LogP contribution < -0.4 is 19.5 Å². The Morgan fingerprint density at radius 1 is 1.12 bits per heavy atom. The van der Waals surface area contributed by atoms with Crippen molar-refractivity contribution in [1.82, 2.24) is 0 Å². The summed E-state index contributed by atoms with van der Waals surface area (Å²) in [7, 11) is -1.02. The molecule has 2 N–H and O–H groups in total. The van der Waals surface area contributed by atoms with Crippen LogP contribution in [-0.4, -0.2) is 46.9 Å². The fourth-order valence-electron chi connectivity index (χ4n) is 3.89. The number of fused-ring (bicyclic) bond motifs is 1. The molecule has 0 fully saturated rings. The second-order valence-electron chi connectivity index (χ2n) is 9.11. The molecule has 0 aromatic heterocycles. The van der Waals surface area contributed by atoms with Gasteiger partial charge in [-0.2, -0.15) is 0 Å². The number of nitrogens with two attached hydrogens (primary N) is 1. The van der Waals surface area contributed by atoms with Gasteiger partial charge in [0.2, 0.25) is 10.0 Å². The molecule has 10 heteroatoms. The van der Waals surface area contributed by atoms with Gasteiger partial charge in [0.25, 0.3) is 5.91 Å². The molecule has 1 aliphatic rings. The highest BCUT2D eigenvalue weighted by molar-refractivity contribution is 7.89. The molecule has 0 aliphatic carbocycles. The first-order chi connectivity index (χ1) is 15.3. The molecule has 8 nitrogen and oxygen atoms in total. The Kier molecular flexibility index (Phi) is 7.28. The normalized spacial score (nSPS) is 19.1. The van der Waals surface area contributed by atoms with Gasteiger partial charge in [0.1, 0.15) is 6.10 Å². The Bertz CT molecular complexity index is 1150. The van der Waals surface area contributed by atoms with Crippen LogP contribution in [0.25, 0.3) is 0 Å². The lowest BCUT2D eigenvalue weighted by atomic mass is 9.94. The summed E-state index contributed by atoms with van der Waals surface area (Å²) >= 11 is 6.34. The third-order valence-electron chi connectivity index (χ3n) is 5.14. The van der Waals surface area contributed by atoms with Crippen LogP contribution in [0.3, 0.4) is 0 Å². The highest BCUT2D eigenvalue weighted by atomic mass is 35.5. The molecular formula is C23H29ClN2O6S. The average molecular weight is 497 g/mol. The molecule has 33 heavy (non-hydrogen) atoms. The molecule has 2 atom stereocenters. The van der Waals surface area contributed by atoms with Crippen molar-refractivity contribution in [2.75, 3.05) is 31.4 Å². The molecule has 0 spiro atoms. The highest BCUT2D eigenvalue weighted by Gasteiger charge is 2.40. The fraction of sp³-hybridized carbons (Fsp3) is 0.435. The number of hydrogen-bond acceptors (Lipinski definition) is 6. The topological polar surface area (TPSA) is 108 Å². The maximum atomic E-state index is 13.6. The lowest BCUT2D eigenvalue weighted by molar-refractivity contribution is -0.130. The molecule has 0 unspecified atom stereocenters. The van der Waals surface area contributed by atoms with E-state index in [2.05, 4.69) is 0 Å². The number of ether oxygens (including phenoxy) is 3. The van der Waals surface area contributed by atoms with Crippen LogP contribution >= 0.6 is 11.6 Å². The van der Waals surface area contributed by atoms with Crippen molar-refractivity contribution in [3.63, 3.8) is 0 Å². The molecule has 0 bridgehead atoms. The number of rotatable bonds is 6. The number of para-hydroxylation sites is 1. The zero-order chi connectivity index (χ0) is 24.6. The van der Waals surface area contributed by atoms with Gasteiger partial charge in [-0.05, 0) is 29.7 Å². The number of primary sulfonamides is 1. The minimum atomic E-state index is -4.02. The number of carbonyl (C=O) groups is 1. The standard InChI is InChI=1S/C23H29ClN2O6S/c1-23(2,3)13-26-17-10-9-14(24)11-16(17)20(32-19(22(26)27)12-33(25,28)29)15-7-6-8-18(30-4)21(15)31-5/h6-11,19-20H,12-13H2,1-5H3,(H2,25,28,29)/t19-,20-/m1/s1. The average Bonchev–Trinajstić information content (AvgIpc) is 2.81. The predicted octanol–water partition coefficient (Wildman–Crippen LogP) is 3.51. The largest absolute Gasteiger partial charge is 0.493 e. The van der Waals surface area contributed by atoms with E-state index in [-0.39, 0.29) is 5.41 Å². The van der Waals surface area contributed by atoms with Crippen molar-refractivity contribution in [2.45, 2.75) is 33.0 Å². The van der Waals surface area contributed by atoms with E-state index in [9.17, 15) is 13.2 Å². The first-order valence-electron chi connectivity index (χ1n) is 10.3. The fourth-order valence-corrected chi connectivity index (χ4v) is 4.71. The second kappa shape index (κ2) is 9.50. The van der Waals surface area contributed by atoms with Gasteiger partial charge in [0, 0.05) is 28.4 Å². The summed E-state index contributed by atoms with van der Waals surface area (Å²) in [4.78, 5) is 15.1. The monoisotopic (exact) mass is 496 g/mol.